The fourth-order valence-electron chi connectivity index (χ4n) is 1.74. The summed E-state index contributed by atoms with van der Waals surface area (Å²) in [6.45, 7) is 0. The van der Waals surface area contributed by atoms with Crippen molar-refractivity contribution in [3.63, 3.8) is 0 Å². The number of hydrogen-bond acceptors (Lipinski definition) is 4. The summed E-state index contributed by atoms with van der Waals surface area (Å²) in [5, 5.41) is 9.90. The van der Waals surface area contributed by atoms with Crippen LogP contribution in [0.5, 0.6) is 17.2 Å². The Morgan fingerprint density at radius 3 is 2.60 bits per heavy atom. The van der Waals surface area contributed by atoms with Crippen LogP contribution in [0.4, 0.5) is 0 Å². The smallest absolute Gasteiger partial charge is 0.338 e. The number of carbonyl (C=O) groups is 1. The van der Waals surface area contributed by atoms with E-state index in [1.54, 1.807) is 36.4 Å². The topological polar surface area (TPSA) is 55.8 Å². The Hall–Kier alpha value is -2.01. The Bertz CT molecular complexity index is 625. The first-order chi connectivity index (χ1) is 9.63. The molecule has 0 aliphatic carbocycles. The average molecular weight is 337 g/mol. The van der Waals surface area contributed by atoms with Gasteiger partial charge in [0, 0.05) is 11.4 Å². The number of ether oxygens (including phenoxy) is 2. The second-order valence-electron chi connectivity index (χ2n) is 4.04. The second kappa shape index (κ2) is 6.43. The van der Waals surface area contributed by atoms with Crippen LogP contribution < -0.4 is 4.74 Å². The van der Waals surface area contributed by atoms with Gasteiger partial charge in [0.25, 0.3) is 0 Å². The minimum Gasteiger partial charge on any atom is -0.508 e. The van der Waals surface area contributed by atoms with E-state index >= 15 is 0 Å². The molecule has 0 aliphatic rings. The number of aromatic hydroxyl groups is 1. The summed E-state index contributed by atoms with van der Waals surface area (Å²) in [6, 6.07) is 11.6. The highest BCUT2D eigenvalue weighted by Crippen LogP contribution is 2.27. The highest BCUT2D eigenvalue weighted by molar-refractivity contribution is 9.08. The van der Waals surface area contributed by atoms with Gasteiger partial charge in [-0.05, 0) is 35.9 Å². The Balaban J connectivity index is 2.28. The Labute approximate surface area is 125 Å². The van der Waals surface area contributed by atoms with E-state index < -0.39 is 0 Å². The zero-order valence-electron chi connectivity index (χ0n) is 10.8. The van der Waals surface area contributed by atoms with Crippen molar-refractivity contribution in [2.24, 2.45) is 0 Å². The maximum atomic E-state index is 11.6. The third-order valence-electron chi connectivity index (χ3n) is 2.68. The number of benzene rings is 2. The van der Waals surface area contributed by atoms with Crippen molar-refractivity contribution in [1.29, 1.82) is 0 Å². The molecule has 104 valence electrons. The first-order valence-electron chi connectivity index (χ1n) is 5.88. The molecule has 0 fully saturated rings. The summed E-state index contributed by atoms with van der Waals surface area (Å²) in [7, 11) is 1.34. The molecule has 0 unspecified atom stereocenters. The van der Waals surface area contributed by atoms with E-state index in [4.69, 9.17) is 9.47 Å². The van der Waals surface area contributed by atoms with Crippen LogP contribution in [0.1, 0.15) is 15.9 Å². The molecule has 0 aliphatic heterocycles. The molecule has 2 aromatic carbocycles. The maximum Gasteiger partial charge on any atom is 0.338 e. The number of phenolic OH excluding ortho intramolecular Hbond substituents is 1. The van der Waals surface area contributed by atoms with Gasteiger partial charge in [0.15, 0.2) is 0 Å². The van der Waals surface area contributed by atoms with Crippen molar-refractivity contribution < 1.29 is 19.4 Å². The molecule has 5 heteroatoms. The van der Waals surface area contributed by atoms with Gasteiger partial charge in [-0.1, -0.05) is 22.0 Å². The Morgan fingerprint density at radius 2 is 1.95 bits per heavy atom. The molecule has 0 amide bonds. The molecule has 4 nitrogen and oxygen atoms in total. The van der Waals surface area contributed by atoms with Crippen molar-refractivity contribution in [3.05, 3.63) is 53.6 Å². The van der Waals surface area contributed by atoms with Crippen LogP contribution in [0.15, 0.2) is 42.5 Å². The first kappa shape index (κ1) is 14.4. The van der Waals surface area contributed by atoms with Gasteiger partial charge in [-0.2, -0.15) is 0 Å². The zero-order chi connectivity index (χ0) is 14.5. The molecule has 0 saturated carbocycles. The lowest BCUT2D eigenvalue weighted by molar-refractivity contribution is 0.0600. The minimum absolute atomic E-state index is 0.134. The molecule has 0 heterocycles. The van der Waals surface area contributed by atoms with E-state index in [9.17, 15) is 9.90 Å². The quantitative estimate of drug-likeness (QED) is 0.680. The number of methoxy groups -OCH3 is 1. The molecule has 0 atom stereocenters. The van der Waals surface area contributed by atoms with Gasteiger partial charge in [-0.15, -0.1) is 0 Å². The normalized spacial score (nSPS) is 10.1. The molecule has 0 saturated heterocycles. The summed E-state index contributed by atoms with van der Waals surface area (Å²) in [5.41, 5.74) is 1.27. The van der Waals surface area contributed by atoms with Crippen molar-refractivity contribution in [3.8, 4) is 17.2 Å². The molecule has 2 rings (SSSR count). The molecule has 1 N–H and O–H groups in total. The fourth-order valence-corrected chi connectivity index (χ4v) is 2.20. The molecule has 0 spiro atoms. The number of alkyl halides is 1. The SMILES string of the molecule is COC(=O)c1ccc(Oc2cccc(O)c2)cc1CBr. The molecule has 0 bridgehead atoms. The number of hydrogen-bond donors (Lipinski definition) is 1. The van der Waals surface area contributed by atoms with E-state index in [-0.39, 0.29) is 11.7 Å². The van der Waals surface area contributed by atoms with Gasteiger partial charge in [0.1, 0.15) is 17.2 Å². The molecule has 2 aromatic rings. The molecular formula is C15H13BrO4. The van der Waals surface area contributed by atoms with Crippen LogP contribution in [-0.4, -0.2) is 18.2 Å². The largest absolute Gasteiger partial charge is 0.508 e. The van der Waals surface area contributed by atoms with Crippen molar-refractivity contribution in [1.82, 2.24) is 0 Å². The third-order valence-corrected chi connectivity index (χ3v) is 3.28. The average Bonchev–Trinajstić information content (AvgIpc) is 2.46. The lowest BCUT2D eigenvalue weighted by Crippen LogP contribution is -2.04. The fraction of sp³-hybridized carbons (Fsp3) is 0.133. The predicted molar refractivity (Wildman–Crippen MR) is 78.6 cm³/mol. The van der Waals surface area contributed by atoms with Crippen LogP contribution in [0.2, 0.25) is 0 Å². The number of esters is 1. The summed E-state index contributed by atoms with van der Waals surface area (Å²) in [4.78, 5) is 11.6. The molecular weight excluding hydrogens is 324 g/mol. The summed E-state index contributed by atoms with van der Waals surface area (Å²) in [5.74, 6) is 0.854. The standard InChI is InChI=1S/C15H13BrO4/c1-19-15(18)14-6-5-13(7-10(14)9-16)20-12-4-2-3-11(17)8-12/h2-8,17H,9H2,1H3. The van der Waals surface area contributed by atoms with Crippen LogP contribution in [0.3, 0.4) is 0 Å². The van der Waals surface area contributed by atoms with Gasteiger partial charge in [-0.25, -0.2) is 4.79 Å². The van der Waals surface area contributed by atoms with Crippen molar-refractivity contribution >= 4 is 21.9 Å². The van der Waals surface area contributed by atoms with Crippen LogP contribution in [0.25, 0.3) is 0 Å². The lowest BCUT2D eigenvalue weighted by atomic mass is 10.1. The monoisotopic (exact) mass is 336 g/mol. The highest BCUT2D eigenvalue weighted by Gasteiger charge is 2.12. The summed E-state index contributed by atoms with van der Waals surface area (Å²) < 4.78 is 10.4. The molecule has 0 radical (unpaired) electrons. The third kappa shape index (κ3) is 3.30. The van der Waals surface area contributed by atoms with E-state index in [1.165, 1.54) is 13.2 Å². The second-order valence-corrected chi connectivity index (χ2v) is 4.60. The van der Waals surface area contributed by atoms with Crippen molar-refractivity contribution in [2.45, 2.75) is 5.33 Å². The summed E-state index contributed by atoms with van der Waals surface area (Å²) >= 11 is 3.33. The number of carbonyl (C=O) groups excluding carboxylic acids is 1. The van der Waals surface area contributed by atoms with E-state index in [0.29, 0.717) is 22.4 Å². The highest BCUT2D eigenvalue weighted by atomic mass is 79.9. The van der Waals surface area contributed by atoms with Gasteiger partial charge in [-0.3, -0.25) is 0 Å². The predicted octanol–water partition coefficient (Wildman–Crippen LogP) is 3.87. The van der Waals surface area contributed by atoms with E-state index in [1.807, 2.05) is 0 Å². The zero-order valence-corrected chi connectivity index (χ0v) is 12.4. The molecule has 20 heavy (non-hydrogen) atoms. The minimum atomic E-state index is -0.386. The number of phenols is 1. The lowest BCUT2D eigenvalue weighted by Gasteiger charge is -2.10. The van der Waals surface area contributed by atoms with Crippen molar-refractivity contribution in [2.75, 3.05) is 7.11 Å². The summed E-state index contributed by atoms with van der Waals surface area (Å²) in [6.07, 6.45) is 0. The maximum absolute atomic E-state index is 11.6. The van der Waals surface area contributed by atoms with Gasteiger partial charge >= 0.3 is 5.97 Å². The Kier molecular flexibility index (Phi) is 4.63. The Morgan fingerprint density at radius 1 is 1.20 bits per heavy atom. The van der Waals surface area contributed by atoms with Gasteiger partial charge < -0.3 is 14.6 Å². The van der Waals surface area contributed by atoms with Crippen LogP contribution in [-0.2, 0) is 10.1 Å². The van der Waals surface area contributed by atoms with Gasteiger partial charge in [0.2, 0.25) is 0 Å². The first-order valence-corrected chi connectivity index (χ1v) is 7.00. The van der Waals surface area contributed by atoms with Crippen LogP contribution >= 0.6 is 15.9 Å². The van der Waals surface area contributed by atoms with E-state index in [0.717, 1.165) is 5.56 Å². The molecule has 0 aromatic heterocycles. The van der Waals surface area contributed by atoms with Gasteiger partial charge in [0.05, 0.1) is 12.7 Å². The van der Waals surface area contributed by atoms with E-state index in [2.05, 4.69) is 15.9 Å². The number of halogens is 1. The van der Waals surface area contributed by atoms with Crippen LogP contribution in [0, 0.1) is 0 Å². The number of rotatable bonds is 4.